The molecule has 0 unspecified atom stereocenters. The van der Waals surface area contributed by atoms with Crippen LogP contribution in [-0.2, 0) is 5.41 Å². The number of hydrogen-bond acceptors (Lipinski definition) is 2. The van der Waals surface area contributed by atoms with Gasteiger partial charge in [0.2, 0.25) is 0 Å². The van der Waals surface area contributed by atoms with Crippen LogP contribution in [0.4, 0.5) is 0 Å². The number of benzene rings is 11. The maximum absolute atomic E-state index is 6.97. The molecule has 0 bridgehead atoms. The Hall–Kier alpha value is -8.33. The summed E-state index contributed by atoms with van der Waals surface area (Å²) in [6.07, 6.45) is 0. The smallest absolute Gasteiger partial charge is 0.132 e. The zero-order chi connectivity index (χ0) is 41.9. The van der Waals surface area contributed by atoms with Crippen molar-refractivity contribution in [2.45, 2.75) is 5.41 Å². The van der Waals surface area contributed by atoms with Crippen molar-refractivity contribution >= 4 is 54.0 Å². The van der Waals surface area contributed by atoms with Gasteiger partial charge in [-0.2, -0.15) is 0 Å². The summed E-state index contributed by atoms with van der Waals surface area (Å²) in [5, 5.41) is 11.0. The molecule has 2 aliphatic rings. The molecule has 0 fully saturated rings. The van der Waals surface area contributed by atoms with Gasteiger partial charge in [-0.15, -0.1) is 0 Å². The molecule has 0 saturated carbocycles. The first-order chi connectivity index (χ1) is 31.7. The summed E-state index contributed by atoms with van der Waals surface area (Å²) in [4.78, 5) is 5.53. The first kappa shape index (κ1) is 35.3. The van der Waals surface area contributed by atoms with Crippen LogP contribution < -0.4 is 4.74 Å². The molecule has 0 saturated heterocycles. The third-order valence-corrected chi connectivity index (χ3v) is 14.1. The second kappa shape index (κ2) is 13.3. The minimum atomic E-state index is -0.559. The van der Waals surface area contributed by atoms with Gasteiger partial charge in [0.1, 0.15) is 11.5 Å². The molecule has 2 nitrogen and oxygen atoms in total. The average Bonchev–Trinajstić information content (AvgIpc) is 3.66. The molecular formula is C62H37NO. The number of pyridine rings is 1. The molecule has 2 heteroatoms. The minimum absolute atomic E-state index is 0.559. The number of aromatic nitrogens is 1. The SMILES string of the molecule is c1ccc(-c2nc3cc(-c4cccc(-c5ccc6c7ccccc7c7ccccc7c6c5)c4)ccc3c3cc4c(cc23)Oc2ccccc2C42c3ccccc3-c3ccccc32)cc1. The van der Waals surface area contributed by atoms with E-state index in [0.717, 1.165) is 66.7 Å². The van der Waals surface area contributed by atoms with E-state index in [-0.39, 0.29) is 0 Å². The van der Waals surface area contributed by atoms with Gasteiger partial charge in [0, 0.05) is 27.5 Å². The van der Waals surface area contributed by atoms with Crippen molar-refractivity contribution in [2.75, 3.05) is 0 Å². The lowest BCUT2D eigenvalue weighted by molar-refractivity contribution is 0.437. The van der Waals surface area contributed by atoms with Crippen molar-refractivity contribution in [3.8, 4) is 56.1 Å². The Bertz CT molecular complexity index is 3860. The predicted octanol–water partition coefficient (Wildman–Crippen LogP) is 16.3. The minimum Gasteiger partial charge on any atom is -0.457 e. The molecule has 1 aliphatic heterocycles. The highest BCUT2D eigenvalue weighted by Gasteiger charge is 2.51. The van der Waals surface area contributed by atoms with Gasteiger partial charge in [-0.25, -0.2) is 4.98 Å². The van der Waals surface area contributed by atoms with Gasteiger partial charge < -0.3 is 4.74 Å². The first-order valence-electron chi connectivity index (χ1n) is 22.1. The Morgan fingerprint density at radius 2 is 0.781 bits per heavy atom. The fraction of sp³-hybridized carbons (Fsp3) is 0.0161. The first-order valence-corrected chi connectivity index (χ1v) is 22.1. The van der Waals surface area contributed by atoms with E-state index in [9.17, 15) is 0 Å². The van der Waals surface area contributed by atoms with E-state index < -0.39 is 5.41 Å². The zero-order valence-electron chi connectivity index (χ0n) is 34.7. The Morgan fingerprint density at radius 3 is 1.47 bits per heavy atom. The standard InChI is InChI=1S/C62H37NO/c1-2-15-38(16-3-1)61-53-37-60-57(62(56-27-12-13-28-59(56)64-60)54-25-10-8-23-48(54)49-24-9-11-26-55(49)62)36-52(53)50-32-30-42(35-58(50)63-61)40-18-14-17-39(33-40)41-29-31-47-45-21-5-4-19-43(45)44-20-6-7-22-46(44)51(47)34-41/h1-37H. The topological polar surface area (TPSA) is 22.1 Å². The van der Waals surface area contributed by atoms with E-state index in [1.165, 1.54) is 65.7 Å². The van der Waals surface area contributed by atoms with Crippen molar-refractivity contribution in [1.29, 1.82) is 0 Å². The molecule has 0 N–H and O–H groups in total. The van der Waals surface area contributed by atoms with Gasteiger partial charge in [-0.05, 0) is 119 Å². The normalized spacial score (nSPS) is 13.2. The Kier molecular flexibility index (Phi) is 7.35. The van der Waals surface area contributed by atoms with Crippen molar-refractivity contribution in [3.05, 3.63) is 247 Å². The Labute approximate surface area is 370 Å². The second-order valence-corrected chi connectivity index (χ2v) is 17.3. The van der Waals surface area contributed by atoms with Gasteiger partial charge in [0.05, 0.1) is 16.6 Å². The Morgan fingerprint density at radius 1 is 0.281 bits per heavy atom. The van der Waals surface area contributed by atoms with E-state index in [0.29, 0.717) is 0 Å². The number of hydrogen-bond donors (Lipinski definition) is 0. The maximum atomic E-state index is 6.97. The molecule has 11 aromatic carbocycles. The monoisotopic (exact) mass is 811 g/mol. The molecular weight excluding hydrogens is 775 g/mol. The lowest BCUT2D eigenvalue weighted by Crippen LogP contribution is -2.32. The summed E-state index contributed by atoms with van der Waals surface area (Å²) < 4.78 is 6.97. The molecule has 64 heavy (non-hydrogen) atoms. The number of fused-ring (bicyclic) bond motifs is 18. The number of para-hydroxylation sites is 1. The predicted molar refractivity (Wildman–Crippen MR) is 265 cm³/mol. The molecule has 1 aliphatic carbocycles. The van der Waals surface area contributed by atoms with E-state index in [4.69, 9.17) is 9.72 Å². The van der Waals surface area contributed by atoms with Crippen LogP contribution in [0, 0.1) is 0 Å². The summed E-state index contributed by atoms with van der Waals surface area (Å²) in [5.74, 6) is 1.74. The van der Waals surface area contributed by atoms with Crippen LogP contribution in [0.25, 0.3) is 98.6 Å². The second-order valence-electron chi connectivity index (χ2n) is 17.3. The van der Waals surface area contributed by atoms with Gasteiger partial charge in [0.15, 0.2) is 0 Å². The number of rotatable bonds is 3. The summed E-state index contributed by atoms with van der Waals surface area (Å²) in [7, 11) is 0. The molecule has 1 spiro atoms. The van der Waals surface area contributed by atoms with E-state index in [1.54, 1.807) is 0 Å². The summed E-state index contributed by atoms with van der Waals surface area (Å²) >= 11 is 0. The largest absolute Gasteiger partial charge is 0.457 e. The summed E-state index contributed by atoms with van der Waals surface area (Å²) in [6, 6.07) is 82.0. The van der Waals surface area contributed by atoms with E-state index >= 15 is 0 Å². The van der Waals surface area contributed by atoms with Gasteiger partial charge in [-0.1, -0.05) is 188 Å². The van der Waals surface area contributed by atoms with Crippen LogP contribution in [0.5, 0.6) is 11.5 Å². The van der Waals surface area contributed by atoms with Crippen molar-refractivity contribution < 1.29 is 4.74 Å². The van der Waals surface area contributed by atoms with Crippen LogP contribution in [0.1, 0.15) is 22.3 Å². The quantitative estimate of drug-likeness (QED) is 0.166. The highest BCUT2D eigenvalue weighted by Crippen LogP contribution is 2.62. The molecule has 0 atom stereocenters. The molecule has 12 aromatic rings. The van der Waals surface area contributed by atoms with Crippen LogP contribution >= 0.6 is 0 Å². The number of nitrogens with zero attached hydrogens (tertiary/aromatic N) is 1. The molecule has 1 aromatic heterocycles. The molecule has 0 amide bonds. The Balaban J connectivity index is 0.976. The molecule has 2 heterocycles. The van der Waals surface area contributed by atoms with Crippen molar-refractivity contribution in [2.24, 2.45) is 0 Å². The van der Waals surface area contributed by atoms with Gasteiger partial charge in [0.25, 0.3) is 0 Å². The molecule has 14 rings (SSSR count). The molecule has 0 radical (unpaired) electrons. The van der Waals surface area contributed by atoms with E-state index in [1.807, 2.05) is 0 Å². The summed E-state index contributed by atoms with van der Waals surface area (Å²) in [6.45, 7) is 0. The highest BCUT2D eigenvalue weighted by molar-refractivity contribution is 6.25. The maximum Gasteiger partial charge on any atom is 0.132 e. The van der Waals surface area contributed by atoms with Crippen LogP contribution in [-0.4, -0.2) is 4.98 Å². The third kappa shape index (κ3) is 4.88. The van der Waals surface area contributed by atoms with Crippen LogP contribution in [0.2, 0.25) is 0 Å². The van der Waals surface area contributed by atoms with Crippen LogP contribution in [0.3, 0.4) is 0 Å². The number of ether oxygens (including phenoxy) is 1. The fourth-order valence-electron chi connectivity index (χ4n) is 11.3. The molecule has 296 valence electrons. The van der Waals surface area contributed by atoms with Crippen LogP contribution in [0.15, 0.2) is 224 Å². The van der Waals surface area contributed by atoms with Crippen molar-refractivity contribution in [1.82, 2.24) is 4.98 Å². The van der Waals surface area contributed by atoms with E-state index in [2.05, 4.69) is 224 Å². The third-order valence-electron chi connectivity index (χ3n) is 14.1. The summed E-state index contributed by atoms with van der Waals surface area (Å²) in [5.41, 5.74) is 14.5. The highest BCUT2D eigenvalue weighted by atomic mass is 16.5. The lowest BCUT2D eigenvalue weighted by Gasteiger charge is -2.39. The zero-order valence-corrected chi connectivity index (χ0v) is 34.7. The van der Waals surface area contributed by atoms with Gasteiger partial charge >= 0.3 is 0 Å². The van der Waals surface area contributed by atoms with Gasteiger partial charge in [-0.3, -0.25) is 0 Å². The average molecular weight is 812 g/mol. The van der Waals surface area contributed by atoms with Crippen molar-refractivity contribution in [3.63, 3.8) is 0 Å². The lowest BCUT2D eigenvalue weighted by atomic mass is 9.65. The fourth-order valence-corrected chi connectivity index (χ4v) is 11.3.